The van der Waals surface area contributed by atoms with E-state index in [1.807, 2.05) is 39.8 Å². The molecule has 0 aliphatic carbocycles. The highest BCUT2D eigenvalue weighted by Gasteiger charge is 2.11. The molecule has 0 fully saturated rings. The standard InChI is InChI=1S/C12H19NO3/c1-8(2)15-12(14)7-13-10(4)11-6-5-9(3)16-11/h5-6,8,10,13H,7H2,1-4H3. The molecule has 1 atom stereocenters. The molecule has 1 aromatic rings. The quantitative estimate of drug-likeness (QED) is 0.780. The van der Waals surface area contributed by atoms with Crippen LogP contribution in [0.25, 0.3) is 0 Å². The number of carbonyl (C=O) groups excluding carboxylic acids is 1. The molecule has 4 heteroatoms. The third-order valence-electron chi connectivity index (χ3n) is 2.11. The predicted octanol–water partition coefficient (Wildman–Crippen LogP) is 2.19. The number of nitrogens with one attached hydrogen (secondary N) is 1. The highest BCUT2D eigenvalue weighted by Crippen LogP contribution is 2.14. The lowest BCUT2D eigenvalue weighted by Gasteiger charge is -2.12. The van der Waals surface area contributed by atoms with Crippen LogP contribution in [-0.4, -0.2) is 18.6 Å². The smallest absolute Gasteiger partial charge is 0.320 e. The van der Waals surface area contributed by atoms with Gasteiger partial charge in [-0.05, 0) is 39.8 Å². The maximum atomic E-state index is 11.3. The molecule has 0 aromatic carbocycles. The average molecular weight is 225 g/mol. The van der Waals surface area contributed by atoms with Gasteiger partial charge in [-0.15, -0.1) is 0 Å². The molecule has 16 heavy (non-hydrogen) atoms. The molecule has 0 spiro atoms. The van der Waals surface area contributed by atoms with Gasteiger partial charge in [0.05, 0.1) is 18.7 Å². The molecule has 1 rings (SSSR count). The third kappa shape index (κ3) is 4.06. The molecule has 0 amide bonds. The van der Waals surface area contributed by atoms with E-state index < -0.39 is 0 Å². The van der Waals surface area contributed by atoms with Crippen LogP contribution in [-0.2, 0) is 9.53 Å². The summed E-state index contributed by atoms with van der Waals surface area (Å²) in [5, 5.41) is 3.05. The number of furan rings is 1. The first-order valence-corrected chi connectivity index (χ1v) is 5.48. The van der Waals surface area contributed by atoms with Crippen LogP contribution in [0.3, 0.4) is 0 Å². The van der Waals surface area contributed by atoms with Gasteiger partial charge in [-0.3, -0.25) is 10.1 Å². The number of rotatable bonds is 5. The van der Waals surface area contributed by atoms with Crippen LogP contribution in [0.1, 0.15) is 38.3 Å². The summed E-state index contributed by atoms with van der Waals surface area (Å²) in [7, 11) is 0. The Balaban J connectivity index is 2.35. The lowest BCUT2D eigenvalue weighted by atomic mass is 10.2. The molecule has 90 valence electrons. The monoisotopic (exact) mass is 225 g/mol. The summed E-state index contributed by atoms with van der Waals surface area (Å²) in [6.45, 7) is 7.69. The number of aryl methyl sites for hydroxylation is 1. The van der Waals surface area contributed by atoms with Crippen LogP contribution in [0, 0.1) is 6.92 Å². The van der Waals surface area contributed by atoms with Crippen molar-refractivity contribution in [3.05, 3.63) is 23.7 Å². The average Bonchev–Trinajstić information content (AvgIpc) is 2.60. The summed E-state index contributed by atoms with van der Waals surface area (Å²) in [6, 6.07) is 3.81. The third-order valence-corrected chi connectivity index (χ3v) is 2.11. The normalized spacial score (nSPS) is 12.8. The van der Waals surface area contributed by atoms with Gasteiger partial charge in [-0.2, -0.15) is 0 Å². The minimum atomic E-state index is -0.245. The molecule has 0 saturated carbocycles. The molecule has 4 nitrogen and oxygen atoms in total. The van der Waals surface area contributed by atoms with E-state index in [4.69, 9.17) is 9.15 Å². The second-order valence-corrected chi connectivity index (χ2v) is 4.09. The Kier molecular flexibility index (Phi) is 4.55. The largest absolute Gasteiger partial charge is 0.465 e. The fourth-order valence-electron chi connectivity index (χ4n) is 1.33. The molecule has 1 N–H and O–H groups in total. The van der Waals surface area contributed by atoms with E-state index in [1.54, 1.807) is 0 Å². The van der Waals surface area contributed by atoms with Crippen LogP contribution in [0.2, 0.25) is 0 Å². The van der Waals surface area contributed by atoms with Crippen molar-refractivity contribution >= 4 is 5.97 Å². The van der Waals surface area contributed by atoms with Gasteiger partial charge in [-0.25, -0.2) is 0 Å². The van der Waals surface area contributed by atoms with Crippen molar-refractivity contribution in [1.29, 1.82) is 0 Å². The Morgan fingerprint density at radius 1 is 1.44 bits per heavy atom. The van der Waals surface area contributed by atoms with Gasteiger partial charge in [0.25, 0.3) is 0 Å². The summed E-state index contributed by atoms with van der Waals surface area (Å²) in [5.74, 6) is 1.45. The van der Waals surface area contributed by atoms with Crippen LogP contribution >= 0.6 is 0 Å². The first kappa shape index (κ1) is 12.8. The summed E-state index contributed by atoms with van der Waals surface area (Å²) < 4.78 is 10.5. The van der Waals surface area contributed by atoms with Gasteiger partial charge in [0.2, 0.25) is 0 Å². The van der Waals surface area contributed by atoms with Crippen LogP contribution in [0.4, 0.5) is 0 Å². The van der Waals surface area contributed by atoms with Crippen molar-refractivity contribution in [3.8, 4) is 0 Å². The van der Waals surface area contributed by atoms with Gasteiger partial charge in [0.15, 0.2) is 0 Å². The Labute approximate surface area is 96.0 Å². The van der Waals surface area contributed by atoms with Crippen molar-refractivity contribution in [2.75, 3.05) is 6.54 Å². The zero-order chi connectivity index (χ0) is 12.1. The first-order valence-electron chi connectivity index (χ1n) is 5.48. The Bertz CT molecular complexity index is 344. The van der Waals surface area contributed by atoms with Gasteiger partial charge in [0.1, 0.15) is 11.5 Å². The first-order chi connectivity index (χ1) is 7.49. The van der Waals surface area contributed by atoms with Crippen LogP contribution in [0.5, 0.6) is 0 Å². The summed E-state index contributed by atoms with van der Waals surface area (Å²) in [6.07, 6.45) is -0.0736. The SMILES string of the molecule is Cc1ccc(C(C)NCC(=O)OC(C)C)o1. The maximum Gasteiger partial charge on any atom is 0.320 e. The van der Waals surface area contributed by atoms with Gasteiger partial charge < -0.3 is 9.15 Å². The Morgan fingerprint density at radius 3 is 2.62 bits per heavy atom. The van der Waals surface area contributed by atoms with E-state index in [0.717, 1.165) is 11.5 Å². The van der Waals surface area contributed by atoms with E-state index in [1.165, 1.54) is 0 Å². The van der Waals surface area contributed by atoms with E-state index >= 15 is 0 Å². The fourth-order valence-corrected chi connectivity index (χ4v) is 1.33. The number of hydrogen-bond acceptors (Lipinski definition) is 4. The minimum Gasteiger partial charge on any atom is -0.465 e. The Hall–Kier alpha value is -1.29. The molecule has 0 radical (unpaired) electrons. The maximum absolute atomic E-state index is 11.3. The highest BCUT2D eigenvalue weighted by molar-refractivity contribution is 5.71. The summed E-state index contributed by atoms with van der Waals surface area (Å²) >= 11 is 0. The van der Waals surface area contributed by atoms with Crippen molar-refractivity contribution in [1.82, 2.24) is 5.32 Å². The molecule has 1 heterocycles. The lowest BCUT2D eigenvalue weighted by molar-refractivity contribution is -0.146. The molecule has 1 unspecified atom stereocenters. The zero-order valence-corrected chi connectivity index (χ0v) is 10.2. The Morgan fingerprint density at radius 2 is 2.12 bits per heavy atom. The number of hydrogen-bond donors (Lipinski definition) is 1. The molecule has 0 saturated heterocycles. The second-order valence-electron chi connectivity index (χ2n) is 4.09. The van der Waals surface area contributed by atoms with Crippen molar-refractivity contribution < 1.29 is 13.9 Å². The summed E-state index contributed by atoms with van der Waals surface area (Å²) in [5.41, 5.74) is 0. The van der Waals surface area contributed by atoms with Gasteiger partial charge in [0, 0.05) is 0 Å². The van der Waals surface area contributed by atoms with E-state index in [2.05, 4.69) is 5.32 Å². The van der Waals surface area contributed by atoms with E-state index in [0.29, 0.717) is 0 Å². The topological polar surface area (TPSA) is 51.5 Å². The number of esters is 1. The van der Waals surface area contributed by atoms with Gasteiger partial charge >= 0.3 is 5.97 Å². The molecule has 0 aliphatic rings. The van der Waals surface area contributed by atoms with Crippen molar-refractivity contribution in [2.24, 2.45) is 0 Å². The molecule has 1 aromatic heterocycles. The molecular formula is C12H19NO3. The fraction of sp³-hybridized carbons (Fsp3) is 0.583. The van der Waals surface area contributed by atoms with Crippen molar-refractivity contribution in [3.63, 3.8) is 0 Å². The summed E-state index contributed by atoms with van der Waals surface area (Å²) in [4.78, 5) is 11.3. The van der Waals surface area contributed by atoms with Crippen molar-refractivity contribution in [2.45, 2.75) is 39.8 Å². The molecule has 0 bridgehead atoms. The zero-order valence-electron chi connectivity index (χ0n) is 10.2. The molecular weight excluding hydrogens is 206 g/mol. The second kappa shape index (κ2) is 5.70. The van der Waals surface area contributed by atoms with E-state index in [9.17, 15) is 4.79 Å². The predicted molar refractivity (Wildman–Crippen MR) is 61.1 cm³/mol. The van der Waals surface area contributed by atoms with Crippen LogP contribution in [0.15, 0.2) is 16.5 Å². The number of carbonyl (C=O) groups is 1. The highest BCUT2D eigenvalue weighted by atomic mass is 16.5. The van der Waals surface area contributed by atoms with E-state index in [-0.39, 0.29) is 24.7 Å². The lowest BCUT2D eigenvalue weighted by Crippen LogP contribution is -2.28. The molecule has 0 aliphatic heterocycles. The number of ether oxygens (including phenoxy) is 1. The minimum absolute atomic E-state index is 0.00779. The van der Waals surface area contributed by atoms with Gasteiger partial charge in [-0.1, -0.05) is 0 Å². The van der Waals surface area contributed by atoms with Crippen LogP contribution < -0.4 is 5.32 Å².